The highest BCUT2D eigenvalue weighted by molar-refractivity contribution is 7.89. The van der Waals surface area contributed by atoms with E-state index in [4.69, 9.17) is 0 Å². The molecule has 0 radical (unpaired) electrons. The first-order valence-corrected chi connectivity index (χ1v) is 10.3. The molecular formula is C18H21F3N4O2S. The highest BCUT2D eigenvalue weighted by atomic mass is 32.2. The van der Waals surface area contributed by atoms with Gasteiger partial charge in [0.15, 0.2) is 11.6 Å². The number of hydrogen-bond donors (Lipinski definition) is 1. The molecule has 0 saturated carbocycles. The Hall–Kier alpha value is -2.04. The first kappa shape index (κ1) is 20.7. The number of aromatic nitrogens is 2. The Balaban J connectivity index is 1.67. The summed E-state index contributed by atoms with van der Waals surface area (Å²) in [7, 11) is -1.94. The van der Waals surface area contributed by atoms with Crippen LogP contribution in [0, 0.1) is 23.4 Å². The van der Waals surface area contributed by atoms with Gasteiger partial charge >= 0.3 is 0 Å². The van der Waals surface area contributed by atoms with Crippen molar-refractivity contribution < 1.29 is 21.6 Å². The molecule has 1 aromatic heterocycles. The molecule has 28 heavy (non-hydrogen) atoms. The zero-order valence-corrected chi connectivity index (χ0v) is 16.1. The molecule has 1 aromatic carbocycles. The van der Waals surface area contributed by atoms with Crippen LogP contribution < -0.4 is 5.32 Å². The molecule has 0 spiro atoms. The van der Waals surface area contributed by atoms with E-state index in [0.717, 1.165) is 6.07 Å². The van der Waals surface area contributed by atoms with Crippen LogP contribution in [0.5, 0.6) is 0 Å². The molecule has 0 bridgehead atoms. The van der Waals surface area contributed by atoms with Crippen LogP contribution in [0.25, 0.3) is 0 Å². The molecule has 1 fully saturated rings. The van der Waals surface area contributed by atoms with Crippen molar-refractivity contribution in [3.8, 4) is 0 Å². The van der Waals surface area contributed by atoms with E-state index in [0.29, 0.717) is 32.0 Å². The SMILES string of the molecule is CNC(Cc1cc(F)c(F)cc1F)C1CCN(S(=O)(=O)c2cncnc2)CC1. The molecule has 1 aliphatic rings. The van der Waals surface area contributed by atoms with Crippen LogP contribution in [0.4, 0.5) is 13.2 Å². The largest absolute Gasteiger partial charge is 0.316 e. The Labute approximate surface area is 161 Å². The molecule has 0 aliphatic carbocycles. The van der Waals surface area contributed by atoms with E-state index in [1.807, 2.05) is 0 Å². The second-order valence-corrected chi connectivity index (χ2v) is 8.71. The molecule has 1 atom stereocenters. The fourth-order valence-corrected chi connectivity index (χ4v) is 4.93. The van der Waals surface area contributed by atoms with Gasteiger partial charge in [0.25, 0.3) is 0 Å². The minimum Gasteiger partial charge on any atom is -0.316 e. The van der Waals surface area contributed by atoms with Gasteiger partial charge in [-0.05, 0) is 43.9 Å². The molecule has 10 heteroatoms. The molecule has 2 heterocycles. The first-order valence-electron chi connectivity index (χ1n) is 8.88. The summed E-state index contributed by atoms with van der Waals surface area (Å²) in [6, 6.07) is 1.24. The summed E-state index contributed by atoms with van der Waals surface area (Å²) in [5.41, 5.74) is 0.0923. The highest BCUT2D eigenvalue weighted by Gasteiger charge is 2.33. The van der Waals surface area contributed by atoms with E-state index >= 15 is 0 Å². The third kappa shape index (κ3) is 4.34. The third-order valence-electron chi connectivity index (χ3n) is 5.14. The number of nitrogens with one attached hydrogen (secondary N) is 1. The molecular weight excluding hydrogens is 393 g/mol. The Kier molecular flexibility index (Phi) is 6.31. The Morgan fingerprint density at radius 2 is 1.71 bits per heavy atom. The molecule has 0 amide bonds. The van der Waals surface area contributed by atoms with Gasteiger partial charge < -0.3 is 5.32 Å². The minimum absolute atomic E-state index is 0.0440. The Morgan fingerprint density at radius 3 is 2.32 bits per heavy atom. The number of sulfonamides is 1. The maximum atomic E-state index is 14.0. The molecule has 1 aliphatic heterocycles. The predicted molar refractivity (Wildman–Crippen MR) is 96.4 cm³/mol. The number of rotatable bonds is 6. The van der Waals surface area contributed by atoms with Gasteiger partial charge in [-0.15, -0.1) is 0 Å². The van der Waals surface area contributed by atoms with Crippen LogP contribution >= 0.6 is 0 Å². The van der Waals surface area contributed by atoms with Crippen molar-refractivity contribution in [1.82, 2.24) is 19.6 Å². The standard InChI is InChI=1S/C18H21F3N4O2S/c1-22-18(7-13-6-16(20)17(21)8-15(13)19)12-2-4-25(5-3-12)28(26,27)14-9-23-11-24-10-14/h6,8-12,18,22H,2-5,7H2,1H3. The summed E-state index contributed by atoms with van der Waals surface area (Å²) in [5, 5.41) is 3.10. The zero-order chi connectivity index (χ0) is 20.3. The number of halogens is 3. The van der Waals surface area contributed by atoms with Gasteiger partial charge in [-0.1, -0.05) is 0 Å². The van der Waals surface area contributed by atoms with Gasteiger partial charge in [0.1, 0.15) is 17.0 Å². The maximum Gasteiger partial charge on any atom is 0.246 e. The Morgan fingerprint density at radius 1 is 1.11 bits per heavy atom. The molecule has 6 nitrogen and oxygen atoms in total. The lowest BCUT2D eigenvalue weighted by Gasteiger charge is -2.35. The van der Waals surface area contributed by atoms with Crippen LogP contribution in [-0.2, 0) is 16.4 Å². The molecule has 1 saturated heterocycles. The van der Waals surface area contributed by atoms with Gasteiger partial charge in [0.05, 0.1) is 12.4 Å². The van der Waals surface area contributed by atoms with E-state index in [2.05, 4.69) is 15.3 Å². The normalized spacial score (nSPS) is 17.6. The van der Waals surface area contributed by atoms with E-state index in [1.54, 1.807) is 7.05 Å². The number of nitrogens with zero attached hydrogens (tertiary/aromatic N) is 3. The van der Waals surface area contributed by atoms with Crippen LogP contribution in [0.1, 0.15) is 18.4 Å². The van der Waals surface area contributed by atoms with Gasteiger partial charge in [-0.3, -0.25) is 0 Å². The van der Waals surface area contributed by atoms with E-state index < -0.39 is 27.5 Å². The zero-order valence-electron chi connectivity index (χ0n) is 15.3. The van der Waals surface area contributed by atoms with E-state index in [-0.39, 0.29) is 28.8 Å². The topological polar surface area (TPSA) is 75.2 Å². The molecule has 152 valence electrons. The lowest BCUT2D eigenvalue weighted by molar-refractivity contribution is 0.226. The fourth-order valence-electron chi connectivity index (χ4n) is 3.55. The lowest BCUT2D eigenvalue weighted by atomic mass is 9.86. The average Bonchev–Trinajstić information content (AvgIpc) is 2.70. The summed E-state index contributed by atoms with van der Waals surface area (Å²) in [5.74, 6) is -3.03. The number of piperidine rings is 1. The van der Waals surface area contributed by atoms with Crippen molar-refractivity contribution in [2.75, 3.05) is 20.1 Å². The number of likely N-dealkylation sites (N-methyl/N-ethyl adjacent to an activating group) is 1. The van der Waals surface area contributed by atoms with Crippen LogP contribution in [-0.4, -0.2) is 48.9 Å². The van der Waals surface area contributed by atoms with Crippen molar-refractivity contribution in [1.29, 1.82) is 0 Å². The smallest absolute Gasteiger partial charge is 0.246 e. The van der Waals surface area contributed by atoms with Crippen LogP contribution in [0.15, 0.2) is 35.7 Å². The fraction of sp³-hybridized carbons (Fsp3) is 0.444. The van der Waals surface area contributed by atoms with Gasteiger partial charge in [0, 0.05) is 25.2 Å². The second-order valence-electron chi connectivity index (χ2n) is 6.77. The summed E-state index contributed by atoms with van der Waals surface area (Å²) in [4.78, 5) is 7.55. The summed E-state index contributed by atoms with van der Waals surface area (Å²) < 4.78 is 67.2. The predicted octanol–water partition coefficient (Wildman–Crippen LogP) is 2.13. The van der Waals surface area contributed by atoms with Gasteiger partial charge in [-0.25, -0.2) is 31.6 Å². The van der Waals surface area contributed by atoms with Crippen molar-refractivity contribution in [2.45, 2.75) is 30.2 Å². The average molecular weight is 414 g/mol. The summed E-state index contributed by atoms with van der Waals surface area (Å²) in [6.45, 7) is 0.612. The minimum atomic E-state index is -3.66. The third-order valence-corrected chi connectivity index (χ3v) is 6.99. The lowest BCUT2D eigenvalue weighted by Crippen LogP contribution is -2.45. The van der Waals surface area contributed by atoms with Crippen LogP contribution in [0.3, 0.4) is 0 Å². The molecule has 2 aromatic rings. The molecule has 3 rings (SSSR count). The van der Waals surface area contributed by atoms with Crippen molar-refractivity contribution in [2.24, 2.45) is 5.92 Å². The van der Waals surface area contributed by atoms with E-state index in [1.165, 1.54) is 23.0 Å². The quantitative estimate of drug-likeness (QED) is 0.733. The maximum absolute atomic E-state index is 14.0. The van der Waals surface area contributed by atoms with Gasteiger partial charge in [-0.2, -0.15) is 4.31 Å². The van der Waals surface area contributed by atoms with Crippen molar-refractivity contribution >= 4 is 10.0 Å². The first-order chi connectivity index (χ1) is 13.3. The molecule has 1 N–H and O–H groups in total. The molecule has 1 unspecified atom stereocenters. The summed E-state index contributed by atoms with van der Waals surface area (Å²) in [6.07, 6.45) is 5.09. The van der Waals surface area contributed by atoms with Crippen LogP contribution in [0.2, 0.25) is 0 Å². The second kappa shape index (κ2) is 8.54. The number of hydrogen-bond acceptors (Lipinski definition) is 5. The monoisotopic (exact) mass is 414 g/mol. The van der Waals surface area contributed by atoms with Crippen molar-refractivity contribution in [3.63, 3.8) is 0 Å². The van der Waals surface area contributed by atoms with Crippen molar-refractivity contribution in [3.05, 3.63) is 53.9 Å². The highest BCUT2D eigenvalue weighted by Crippen LogP contribution is 2.27. The van der Waals surface area contributed by atoms with Gasteiger partial charge in [0.2, 0.25) is 10.0 Å². The Bertz CT molecular complexity index is 920. The van der Waals surface area contributed by atoms with E-state index in [9.17, 15) is 21.6 Å². The number of benzene rings is 1. The summed E-state index contributed by atoms with van der Waals surface area (Å²) >= 11 is 0.